The predicted molar refractivity (Wildman–Crippen MR) is 108 cm³/mol. The van der Waals surface area contributed by atoms with Gasteiger partial charge in [0.15, 0.2) is 5.76 Å². The summed E-state index contributed by atoms with van der Waals surface area (Å²) in [5, 5.41) is 3.88. The lowest BCUT2D eigenvalue weighted by molar-refractivity contribution is -0.143. The summed E-state index contributed by atoms with van der Waals surface area (Å²) in [7, 11) is 1.73. The number of amides is 2. The lowest BCUT2D eigenvalue weighted by Crippen LogP contribution is -2.44. The SMILES string of the molecule is Cc1cccc(CN2C[C@]34C=C[C@H](O3)C(C(=O)N(C)Cc3cc(C)no3)C4C2=O)c1. The van der Waals surface area contributed by atoms with Crippen LogP contribution in [0, 0.1) is 25.7 Å². The van der Waals surface area contributed by atoms with E-state index >= 15 is 0 Å². The van der Waals surface area contributed by atoms with Crippen LogP contribution in [0.3, 0.4) is 0 Å². The van der Waals surface area contributed by atoms with E-state index in [4.69, 9.17) is 9.26 Å². The van der Waals surface area contributed by atoms with Gasteiger partial charge in [-0.2, -0.15) is 0 Å². The van der Waals surface area contributed by atoms with Crippen LogP contribution in [-0.4, -0.2) is 52.1 Å². The number of likely N-dealkylation sites (tertiary alicyclic amines) is 1. The Morgan fingerprint density at radius 2 is 2.17 bits per heavy atom. The van der Waals surface area contributed by atoms with Gasteiger partial charge in [-0.05, 0) is 19.4 Å². The second kappa shape index (κ2) is 6.80. The van der Waals surface area contributed by atoms with Gasteiger partial charge in [0.1, 0.15) is 5.60 Å². The summed E-state index contributed by atoms with van der Waals surface area (Å²) in [5.41, 5.74) is 2.31. The van der Waals surface area contributed by atoms with Crippen molar-refractivity contribution in [3.05, 3.63) is 65.1 Å². The summed E-state index contributed by atoms with van der Waals surface area (Å²) in [6.07, 6.45) is 3.57. The molecular weight excluding hydrogens is 382 g/mol. The molecule has 5 rings (SSSR count). The Labute approximate surface area is 175 Å². The fourth-order valence-corrected chi connectivity index (χ4v) is 5.08. The molecule has 0 N–H and O–H groups in total. The zero-order valence-electron chi connectivity index (χ0n) is 17.4. The van der Waals surface area contributed by atoms with Crippen molar-refractivity contribution in [2.45, 2.75) is 38.6 Å². The number of ether oxygens (including phenoxy) is 1. The van der Waals surface area contributed by atoms with Crippen molar-refractivity contribution >= 4 is 11.8 Å². The Balaban J connectivity index is 1.36. The van der Waals surface area contributed by atoms with Crippen molar-refractivity contribution in [2.24, 2.45) is 11.8 Å². The third kappa shape index (κ3) is 2.96. The Morgan fingerprint density at radius 3 is 2.90 bits per heavy atom. The highest BCUT2D eigenvalue weighted by molar-refractivity contribution is 5.93. The quantitative estimate of drug-likeness (QED) is 0.711. The molecule has 156 valence electrons. The highest BCUT2D eigenvalue weighted by Gasteiger charge is 2.67. The van der Waals surface area contributed by atoms with E-state index in [1.165, 1.54) is 0 Å². The summed E-state index contributed by atoms with van der Waals surface area (Å²) < 4.78 is 11.5. The number of benzene rings is 1. The highest BCUT2D eigenvalue weighted by atomic mass is 16.5. The average Bonchev–Trinajstić information content (AvgIpc) is 3.44. The van der Waals surface area contributed by atoms with Crippen molar-refractivity contribution in [1.29, 1.82) is 0 Å². The van der Waals surface area contributed by atoms with Crippen LogP contribution >= 0.6 is 0 Å². The van der Waals surface area contributed by atoms with Gasteiger partial charge in [-0.15, -0.1) is 0 Å². The van der Waals surface area contributed by atoms with Crippen LogP contribution in [-0.2, 0) is 27.4 Å². The molecule has 2 aromatic rings. The van der Waals surface area contributed by atoms with Gasteiger partial charge in [0, 0.05) is 19.7 Å². The number of aryl methyl sites for hydroxylation is 2. The number of hydrogen-bond acceptors (Lipinski definition) is 5. The third-order valence-electron chi connectivity index (χ3n) is 6.37. The number of rotatable bonds is 5. The Bertz CT molecular complexity index is 1040. The fraction of sp³-hybridized carbons (Fsp3) is 0.435. The summed E-state index contributed by atoms with van der Waals surface area (Å²) in [6.45, 7) is 5.19. The van der Waals surface area contributed by atoms with E-state index in [1.807, 2.05) is 55.2 Å². The van der Waals surface area contributed by atoms with Crippen LogP contribution in [0.5, 0.6) is 0 Å². The number of fused-ring (bicyclic) bond motifs is 1. The van der Waals surface area contributed by atoms with Crippen LogP contribution in [0.15, 0.2) is 47.0 Å². The summed E-state index contributed by atoms with van der Waals surface area (Å²) in [6, 6.07) is 9.96. The Morgan fingerprint density at radius 1 is 1.33 bits per heavy atom. The van der Waals surface area contributed by atoms with E-state index in [9.17, 15) is 9.59 Å². The molecule has 4 atom stereocenters. The number of carbonyl (C=O) groups is 2. The lowest BCUT2D eigenvalue weighted by Gasteiger charge is -2.27. The lowest BCUT2D eigenvalue weighted by atomic mass is 9.76. The van der Waals surface area contributed by atoms with Gasteiger partial charge < -0.3 is 19.1 Å². The first kappa shape index (κ1) is 19.1. The van der Waals surface area contributed by atoms with Crippen LogP contribution < -0.4 is 0 Å². The van der Waals surface area contributed by atoms with E-state index in [0.717, 1.165) is 16.8 Å². The zero-order chi connectivity index (χ0) is 21.0. The maximum absolute atomic E-state index is 13.4. The van der Waals surface area contributed by atoms with E-state index < -0.39 is 17.4 Å². The Kier molecular flexibility index (Phi) is 4.32. The molecule has 0 aliphatic carbocycles. The number of aromatic nitrogens is 1. The van der Waals surface area contributed by atoms with Gasteiger partial charge in [0.2, 0.25) is 11.8 Å². The molecule has 30 heavy (non-hydrogen) atoms. The third-order valence-corrected chi connectivity index (χ3v) is 6.37. The molecule has 1 aromatic heterocycles. The molecule has 2 bridgehead atoms. The predicted octanol–water partition coefficient (Wildman–Crippen LogP) is 2.23. The smallest absolute Gasteiger partial charge is 0.230 e. The summed E-state index contributed by atoms with van der Waals surface area (Å²) in [4.78, 5) is 30.1. The van der Waals surface area contributed by atoms with E-state index in [2.05, 4.69) is 11.2 Å². The molecule has 0 saturated carbocycles. The van der Waals surface area contributed by atoms with Gasteiger partial charge in [-0.25, -0.2) is 0 Å². The monoisotopic (exact) mass is 407 g/mol. The molecule has 7 heteroatoms. The van der Waals surface area contributed by atoms with Crippen molar-refractivity contribution in [3.8, 4) is 0 Å². The molecule has 7 nitrogen and oxygen atoms in total. The molecule has 3 aliphatic heterocycles. The van der Waals surface area contributed by atoms with Gasteiger partial charge in [0.05, 0.1) is 36.7 Å². The number of nitrogens with zero attached hydrogens (tertiary/aromatic N) is 3. The van der Waals surface area contributed by atoms with Crippen molar-refractivity contribution in [2.75, 3.05) is 13.6 Å². The largest absolute Gasteiger partial charge is 0.360 e. The first-order valence-electron chi connectivity index (χ1n) is 10.2. The van der Waals surface area contributed by atoms with Crippen molar-refractivity contribution in [3.63, 3.8) is 0 Å². The van der Waals surface area contributed by atoms with E-state index in [-0.39, 0.29) is 17.9 Å². The molecule has 1 spiro atoms. The van der Waals surface area contributed by atoms with Crippen molar-refractivity contribution < 1.29 is 18.8 Å². The van der Waals surface area contributed by atoms with Gasteiger partial charge in [-0.3, -0.25) is 9.59 Å². The zero-order valence-corrected chi connectivity index (χ0v) is 17.4. The molecule has 0 radical (unpaired) electrons. The topological polar surface area (TPSA) is 75.9 Å². The maximum atomic E-state index is 13.4. The minimum atomic E-state index is -0.699. The highest BCUT2D eigenvalue weighted by Crippen LogP contribution is 2.52. The molecule has 2 fully saturated rings. The number of carbonyl (C=O) groups excluding carboxylic acids is 2. The molecule has 2 saturated heterocycles. The van der Waals surface area contributed by atoms with Crippen molar-refractivity contribution in [1.82, 2.24) is 15.0 Å². The van der Waals surface area contributed by atoms with Gasteiger partial charge >= 0.3 is 0 Å². The molecular formula is C23H25N3O4. The van der Waals surface area contributed by atoms with Crippen LogP contribution in [0.25, 0.3) is 0 Å². The minimum absolute atomic E-state index is 0.00869. The van der Waals surface area contributed by atoms with Crippen LogP contribution in [0.2, 0.25) is 0 Å². The normalized spacial score (nSPS) is 29.0. The fourth-order valence-electron chi connectivity index (χ4n) is 5.08. The minimum Gasteiger partial charge on any atom is -0.360 e. The van der Waals surface area contributed by atoms with Crippen LogP contribution in [0.1, 0.15) is 22.6 Å². The first-order valence-corrected chi connectivity index (χ1v) is 10.2. The van der Waals surface area contributed by atoms with Crippen LogP contribution in [0.4, 0.5) is 0 Å². The maximum Gasteiger partial charge on any atom is 0.230 e. The second-order valence-corrected chi connectivity index (χ2v) is 8.71. The standard InChI is InChI=1S/C23H25N3O4/c1-14-5-4-6-16(9-14)11-26-13-23-8-7-18(29-23)19(20(23)22(26)28)21(27)25(3)12-17-10-15(2)24-30-17/h4-10,18-20H,11-13H2,1-3H3/t18-,19?,20?,23-/m0/s1. The number of hydrogen-bond donors (Lipinski definition) is 0. The molecule has 2 unspecified atom stereocenters. The molecule has 1 aromatic carbocycles. The molecule has 3 aliphatic rings. The molecule has 4 heterocycles. The molecule has 2 amide bonds. The summed E-state index contributed by atoms with van der Waals surface area (Å²) in [5.74, 6) is -0.485. The Hall–Kier alpha value is -2.93. The average molecular weight is 407 g/mol. The van der Waals surface area contributed by atoms with Gasteiger partial charge in [-0.1, -0.05) is 47.1 Å². The van der Waals surface area contributed by atoms with E-state index in [1.54, 1.807) is 11.9 Å². The van der Waals surface area contributed by atoms with Gasteiger partial charge in [0.25, 0.3) is 0 Å². The first-order chi connectivity index (χ1) is 14.4. The second-order valence-electron chi connectivity index (χ2n) is 8.71. The summed E-state index contributed by atoms with van der Waals surface area (Å²) >= 11 is 0. The van der Waals surface area contributed by atoms with E-state index in [0.29, 0.717) is 25.4 Å².